The third-order valence-corrected chi connectivity index (χ3v) is 3.49. The fraction of sp³-hybridized carbons (Fsp3) is 0.250. The van der Waals surface area contributed by atoms with Gasteiger partial charge in [-0.05, 0) is 36.6 Å². The standard InChI is InChI=1S/C12H11BrCl2N2/c13-5-1-2-9-7-16-17(8-9)12-4-3-10(14)6-11(12)15/h3-4,6-8H,1-2,5H2. The number of aryl methyl sites for hydroxylation is 1. The molecule has 0 N–H and O–H groups in total. The van der Waals surface area contributed by atoms with Crippen molar-refractivity contribution < 1.29 is 0 Å². The second-order valence-corrected chi connectivity index (χ2v) is 5.32. The highest BCUT2D eigenvalue weighted by Gasteiger charge is 2.05. The topological polar surface area (TPSA) is 17.8 Å². The fourth-order valence-corrected chi connectivity index (χ4v) is 2.33. The third-order valence-electron chi connectivity index (χ3n) is 2.39. The molecule has 0 saturated carbocycles. The van der Waals surface area contributed by atoms with E-state index in [0.29, 0.717) is 10.0 Å². The Labute approximate surface area is 119 Å². The van der Waals surface area contributed by atoms with Gasteiger partial charge in [-0.2, -0.15) is 5.10 Å². The minimum Gasteiger partial charge on any atom is -0.239 e. The Hall–Kier alpha value is -0.510. The van der Waals surface area contributed by atoms with E-state index in [4.69, 9.17) is 23.2 Å². The molecule has 0 saturated heterocycles. The van der Waals surface area contributed by atoms with Gasteiger partial charge in [0.25, 0.3) is 0 Å². The molecule has 0 amide bonds. The van der Waals surface area contributed by atoms with Crippen molar-refractivity contribution in [2.75, 3.05) is 5.33 Å². The lowest BCUT2D eigenvalue weighted by Gasteiger charge is -2.04. The van der Waals surface area contributed by atoms with Crippen LogP contribution in [0.4, 0.5) is 0 Å². The van der Waals surface area contributed by atoms with Gasteiger partial charge in [0, 0.05) is 16.5 Å². The number of rotatable bonds is 4. The first kappa shape index (κ1) is 12.9. The van der Waals surface area contributed by atoms with Crippen molar-refractivity contribution in [3.63, 3.8) is 0 Å². The lowest BCUT2D eigenvalue weighted by Crippen LogP contribution is -1.95. The first-order chi connectivity index (χ1) is 8.20. The van der Waals surface area contributed by atoms with Gasteiger partial charge in [0.05, 0.1) is 16.9 Å². The Kier molecular flexibility index (Phi) is 4.48. The van der Waals surface area contributed by atoms with E-state index in [9.17, 15) is 0 Å². The molecule has 0 aliphatic carbocycles. The maximum atomic E-state index is 6.12. The van der Waals surface area contributed by atoms with Crippen molar-refractivity contribution in [1.82, 2.24) is 9.78 Å². The van der Waals surface area contributed by atoms with Crippen LogP contribution in [0.25, 0.3) is 5.69 Å². The number of hydrogen-bond acceptors (Lipinski definition) is 1. The Morgan fingerprint density at radius 2 is 2.12 bits per heavy atom. The van der Waals surface area contributed by atoms with Crippen molar-refractivity contribution in [1.29, 1.82) is 0 Å². The SMILES string of the molecule is Clc1ccc(-n2cc(CCCBr)cn2)c(Cl)c1. The number of hydrogen-bond donors (Lipinski definition) is 0. The zero-order valence-corrected chi connectivity index (χ0v) is 12.1. The van der Waals surface area contributed by atoms with Crippen molar-refractivity contribution >= 4 is 39.1 Å². The quantitative estimate of drug-likeness (QED) is 0.753. The first-order valence-electron chi connectivity index (χ1n) is 5.25. The molecule has 0 atom stereocenters. The zero-order chi connectivity index (χ0) is 12.3. The summed E-state index contributed by atoms with van der Waals surface area (Å²) in [5.41, 5.74) is 2.05. The molecule has 0 aliphatic heterocycles. The normalized spacial score (nSPS) is 10.8. The molecule has 0 spiro atoms. The van der Waals surface area contributed by atoms with E-state index in [0.717, 1.165) is 23.9 Å². The molecule has 1 heterocycles. The molecule has 2 aromatic rings. The van der Waals surface area contributed by atoms with Crippen LogP contribution in [-0.4, -0.2) is 15.1 Å². The molecule has 0 fully saturated rings. The summed E-state index contributed by atoms with van der Waals surface area (Å²) in [4.78, 5) is 0. The first-order valence-corrected chi connectivity index (χ1v) is 7.13. The Bertz CT molecular complexity index is 511. The summed E-state index contributed by atoms with van der Waals surface area (Å²) in [5, 5.41) is 6.54. The second-order valence-electron chi connectivity index (χ2n) is 3.68. The summed E-state index contributed by atoms with van der Waals surface area (Å²) in [6.45, 7) is 0. The van der Waals surface area contributed by atoms with Crippen LogP contribution in [0, 0.1) is 0 Å². The smallest absolute Gasteiger partial charge is 0.0832 e. The van der Waals surface area contributed by atoms with E-state index in [1.807, 2.05) is 24.5 Å². The number of aromatic nitrogens is 2. The number of alkyl halides is 1. The summed E-state index contributed by atoms with van der Waals surface area (Å²) in [6, 6.07) is 5.40. The maximum absolute atomic E-state index is 6.12. The van der Waals surface area contributed by atoms with Crippen LogP contribution in [0.5, 0.6) is 0 Å². The van der Waals surface area contributed by atoms with Gasteiger partial charge in [-0.25, -0.2) is 4.68 Å². The van der Waals surface area contributed by atoms with Gasteiger partial charge >= 0.3 is 0 Å². The predicted octanol–water partition coefficient (Wildman–Crippen LogP) is 4.51. The van der Waals surface area contributed by atoms with Crippen LogP contribution < -0.4 is 0 Å². The molecular formula is C12H11BrCl2N2. The molecular weight excluding hydrogens is 323 g/mol. The molecule has 0 aliphatic rings. The zero-order valence-electron chi connectivity index (χ0n) is 9.04. The second kappa shape index (κ2) is 5.89. The fourth-order valence-electron chi connectivity index (χ4n) is 1.56. The van der Waals surface area contributed by atoms with E-state index in [-0.39, 0.29) is 0 Å². The van der Waals surface area contributed by atoms with Crippen LogP contribution >= 0.6 is 39.1 Å². The molecule has 17 heavy (non-hydrogen) atoms. The van der Waals surface area contributed by atoms with E-state index in [1.165, 1.54) is 5.56 Å². The highest BCUT2D eigenvalue weighted by atomic mass is 79.9. The van der Waals surface area contributed by atoms with E-state index >= 15 is 0 Å². The number of halogens is 3. The van der Waals surface area contributed by atoms with Gasteiger partial charge in [-0.15, -0.1) is 0 Å². The monoisotopic (exact) mass is 332 g/mol. The van der Waals surface area contributed by atoms with E-state index in [2.05, 4.69) is 21.0 Å². The highest BCUT2D eigenvalue weighted by molar-refractivity contribution is 9.09. The number of nitrogens with zero attached hydrogens (tertiary/aromatic N) is 2. The van der Waals surface area contributed by atoms with Gasteiger partial charge in [-0.3, -0.25) is 0 Å². The van der Waals surface area contributed by atoms with Crippen LogP contribution in [0.15, 0.2) is 30.6 Å². The van der Waals surface area contributed by atoms with Crippen molar-refractivity contribution in [2.24, 2.45) is 0 Å². The van der Waals surface area contributed by atoms with Gasteiger partial charge in [0.1, 0.15) is 0 Å². The van der Waals surface area contributed by atoms with Crippen LogP contribution in [-0.2, 0) is 6.42 Å². The molecule has 5 heteroatoms. The van der Waals surface area contributed by atoms with E-state index < -0.39 is 0 Å². The highest BCUT2D eigenvalue weighted by Crippen LogP contribution is 2.24. The van der Waals surface area contributed by atoms with Crippen molar-refractivity contribution in [3.05, 3.63) is 46.2 Å². The third kappa shape index (κ3) is 3.24. The maximum Gasteiger partial charge on any atom is 0.0832 e. The summed E-state index contributed by atoms with van der Waals surface area (Å²) < 4.78 is 1.78. The van der Waals surface area contributed by atoms with Gasteiger partial charge < -0.3 is 0 Å². The van der Waals surface area contributed by atoms with Crippen LogP contribution in [0.3, 0.4) is 0 Å². The Balaban J connectivity index is 2.24. The average molecular weight is 334 g/mol. The number of benzene rings is 1. The molecule has 0 radical (unpaired) electrons. The van der Waals surface area contributed by atoms with Crippen LogP contribution in [0.2, 0.25) is 10.0 Å². The van der Waals surface area contributed by atoms with Crippen molar-refractivity contribution in [2.45, 2.75) is 12.8 Å². The van der Waals surface area contributed by atoms with E-state index in [1.54, 1.807) is 10.7 Å². The molecule has 1 aromatic carbocycles. The molecule has 2 rings (SSSR count). The lowest BCUT2D eigenvalue weighted by atomic mass is 10.2. The Morgan fingerprint density at radius 1 is 1.29 bits per heavy atom. The molecule has 90 valence electrons. The van der Waals surface area contributed by atoms with Gasteiger partial charge in [0.2, 0.25) is 0 Å². The summed E-state index contributed by atoms with van der Waals surface area (Å²) in [6.07, 6.45) is 5.97. The largest absolute Gasteiger partial charge is 0.239 e. The molecule has 2 nitrogen and oxygen atoms in total. The molecule has 0 bridgehead atoms. The summed E-state index contributed by atoms with van der Waals surface area (Å²) >= 11 is 15.4. The van der Waals surface area contributed by atoms with Gasteiger partial charge in [0.15, 0.2) is 0 Å². The minimum atomic E-state index is 0.604. The average Bonchev–Trinajstić information content (AvgIpc) is 2.75. The lowest BCUT2D eigenvalue weighted by molar-refractivity contribution is 0.878. The summed E-state index contributed by atoms with van der Waals surface area (Å²) in [5.74, 6) is 0. The van der Waals surface area contributed by atoms with Crippen LogP contribution in [0.1, 0.15) is 12.0 Å². The Morgan fingerprint density at radius 3 is 2.82 bits per heavy atom. The van der Waals surface area contributed by atoms with Crippen molar-refractivity contribution in [3.8, 4) is 5.69 Å². The minimum absolute atomic E-state index is 0.604. The predicted molar refractivity (Wildman–Crippen MR) is 75.7 cm³/mol. The molecule has 0 unspecified atom stereocenters. The van der Waals surface area contributed by atoms with Gasteiger partial charge in [-0.1, -0.05) is 39.1 Å². The summed E-state index contributed by atoms with van der Waals surface area (Å²) in [7, 11) is 0. The molecule has 1 aromatic heterocycles.